The van der Waals surface area contributed by atoms with Crippen molar-refractivity contribution in [3.63, 3.8) is 0 Å². The molecule has 4 rings (SSSR count). The number of alkyl halides is 3. The first-order valence-electron chi connectivity index (χ1n) is 11.6. The molecular weight excluding hydrogens is 541 g/mol. The van der Waals surface area contributed by atoms with Crippen LogP contribution in [-0.2, 0) is 6.18 Å². The standard InChI is InChI=1S/C23H23F3N8O4S/c1-2-28-21(37)31-18-6-15(20-30-17(11-39-20)23(24,25)26)16(9-29-18)12-5-13(8-27-7-12)19(36)32-33-22(38)34-4-3-14(35)10-34/h5-9,11,14,35H,2-4,10H2,1H3,(H,32,36)(H,33,38)(H2,28,29,31,37). The number of β-amino-alcohol motifs (C(OH)–C–C–N with tert-alkyl or cyclic N) is 1. The third-order valence-corrected chi connectivity index (χ3v) is 6.43. The van der Waals surface area contributed by atoms with Crippen LogP contribution < -0.4 is 21.5 Å². The van der Waals surface area contributed by atoms with Gasteiger partial charge in [0.05, 0.1) is 11.7 Å². The van der Waals surface area contributed by atoms with Crippen LogP contribution in [0.4, 0.5) is 28.6 Å². The second-order valence-electron chi connectivity index (χ2n) is 8.37. The van der Waals surface area contributed by atoms with Crippen molar-refractivity contribution in [2.45, 2.75) is 25.6 Å². The molecule has 3 aromatic rings. The molecular formula is C23H23F3N8O4S. The Hall–Kier alpha value is -4.31. The Morgan fingerprint density at radius 3 is 2.62 bits per heavy atom. The Bertz CT molecular complexity index is 1380. The molecule has 0 radical (unpaired) electrons. The van der Waals surface area contributed by atoms with E-state index in [0.717, 1.165) is 16.7 Å². The zero-order valence-electron chi connectivity index (χ0n) is 20.4. The molecule has 1 atom stereocenters. The van der Waals surface area contributed by atoms with E-state index in [1.807, 2.05) is 0 Å². The average Bonchev–Trinajstić information content (AvgIpc) is 3.57. The van der Waals surface area contributed by atoms with E-state index < -0.39 is 35.9 Å². The monoisotopic (exact) mass is 564 g/mol. The molecule has 12 nitrogen and oxygen atoms in total. The maximum Gasteiger partial charge on any atom is 0.434 e. The van der Waals surface area contributed by atoms with Crippen LogP contribution in [0.3, 0.4) is 0 Å². The smallest absolute Gasteiger partial charge is 0.391 e. The minimum absolute atomic E-state index is 0.00796. The molecule has 1 aliphatic heterocycles. The SMILES string of the molecule is CCNC(=O)Nc1cc(-c2nc(C(F)(F)F)cs2)c(-c2cncc(C(=O)NNC(=O)N3CCC(O)C3)c2)cn1. The van der Waals surface area contributed by atoms with Crippen molar-refractivity contribution in [3.8, 4) is 21.7 Å². The lowest BCUT2D eigenvalue weighted by atomic mass is 10.0. The Morgan fingerprint density at radius 1 is 1.15 bits per heavy atom. The number of nitrogens with zero attached hydrogens (tertiary/aromatic N) is 4. The maximum atomic E-state index is 13.2. The molecule has 0 spiro atoms. The average molecular weight is 565 g/mol. The zero-order chi connectivity index (χ0) is 28.2. The predicted molar refractivity (Wildman–Crippen MR) is 134 cm³/mol. The molecule has 1 aliphatic rings. The molecule has 0 saturated carbocycles. The Balaban J connectivity index is 1.61. The molecule has 206 valence electrons. The fourth-order valence-corrected chi connectivity index (χ4v) is 4.54. The van der Waals surface area contributed by atoms with Crippen LogP contribution in [0.1, 0.15) is 29.4 Å². The van der Waals surface area contributed by atoms with E-state index in [1.54, 1.807) is 6.92 Å². The van der Waals surface area contributed by atoms with Gasteiger partial charge < -0.3 is 15.3 Å². The van der Waals surface area contributed by atoms with Gasteiger partial charge in [-0.2, -0.15) is 13.2 Å². The van der Waals surface area contributed by atoms with Gasteiger partial charge >= 0.3 is 18.2 Å². The number of halogens is 3. The van der Waals surface area contributed by atoms with Crippen LogP contribution in [0.25, 0.3) is 21.7 Å². The van der Waals surface area contributed by atoms with Crippen LogP contribution in [0.15, 0.2) is 36.1 Å². The Morgan fingerprint density at radius 2 is 1.95 bits per heavy atom. The summed E-state index contributed by atoms with van der Waals surface area (Å²) in [7, 11) is 0. The lowest BCUT2D eigenvalue weighted by molar-refractivity contribution is -0.140. The second-order valence-corrected chi connectivity index (χ2v) is 9.23. The van der Waals surface area contributed by atoms with Gasteiger partial charge in [0, 0.05) is 60.3 Å². The molecule has 1 saturated heterocycles. The number of amides is 5. The maximum absolute atomic E-state index is 13.2. The Labute approximate surface area is 223 Å². The third kappa shape index (κ3) is 6.77. The molecule has 5 amide bonds. The number of hydrogen-bond donors (Lipinski definition) is 5. The van der Waals surface area contributed by atoms with Gasteiger partial charge in [-0.15, -0.1) is 11.3 Å². The summed E-state index contributed by atoms with van der Waals surface area (Å²) in [5, 5.41) is 15.5. The van der Waals surface area contributed by atoms with Crippen molar-refractivity contribution in [1.29, 1.82) is 0 Å². The van der Waals surface area contributed by atoms with E-state index in [1.165, 1.54) is 35.6 Å². The molecule has 5 N–H and O–H groups in total. The molecule has 0 bridgehead atoms. The normalized spacial score (nSPS) is 15.1. The first-order chi connectivity index (χ1) is 18.5. The molecule has 1 fully saturated rings. The van der Waals surface area contributed by atoms with E-state index in [4.69, 9.17) is 0 Å². The first kappa shape index (κ1) is 27.7. The molecule has 1 unspecified atom stereocenters. The van der Waals surface area contributed by atoms with Crippen LogP contribution in [0.5, 0.6) is 0 Å². The van der Waals surface area contributed by atoms with Crippen LogP contribution in [0.2, 0.25) is 0 Å². The number of thiazole rings is 1. The van der Waals surface area contributed by atoms with E-state index in [2.05, 4.69) is 36.4 Å². The van der Waals surface area contributed by atoms with E-state index in [-0.39, 0.29) is 28.5 Å². The van der Waals surface area contributed by atoms with Crippen LogP contribution in [0, 0.1) is 0 Å². The molecule has 0 aliphatic carbocycles. The number of likely N-dealkylation sites (tertiary alicyclic amines) is 1. The van der Waals surface area contributed by atoms with E-state index in [0.29, 0.717) is 30.6 Å². The Kier molecular flexibility index (Phi) is 8.25. The summed E-state index contributed by atoms with van der Waals surface area (Å²) in [5.74, 6) is -0.629. The van der Waals surface area contributed by atoms with E-state index in [9.17, 15) is 32.7 Å². The fourth-order valence-electron chi connectivity index (χ4n) is 3.68. The summed E-state index contributed by atoms with van der Waals surface area (Å²) < 4.78 is 39.7. The van der Waals surface area contributed by atoms with Gasteiger partial charge in [0.15, 0.2) is 5.69 Å². The van der Waals surface area contributed by atoms with Gasteiger partial charge in [-0.05, 0) is 25.5 Å². The summed E-state index contributed by atoms with van der Waals surface area (Å²) in [6.45, 7) is 2.55. The topological polar surface area (TPSA) is 161 Å². The first-order valence-corrected chi connectivity index (χ1v) is 12.5. The van der Waals surface area contributed by atoms with Crippen molar-refractivity contribution in [2.24, 2.45) is 0 Å². The highest BCUT2D eigenvalue weighted by molar-refractivity contribution is 7.13. The van der Waals surface area contributed by atoms with Gasteiger partial charge in [0.2, 0.25) is 0 Å². The molecule has 4 heterocycles. The summed E-state index contributed by atoms with van der Waals surface area (Å²) in [6.07, 6.45) is -0.885. The highest BCUT2D eigenvalue weighted by atomic mass is 32.1. The number of aromatic nitrogens is 3. The summed E-state index contributed by atoms with van der Waals surface area (Å²) in [5.41, 5.74) is 4.36. The number of nitrogens with one attached hydrogen (secondary N) is 4. The fraction of sp³-hybridized carbons (Fsp3) is 0.304. The molecule has 3 aromatic heterocycles. The number of hydrogen-bond acceptors (Lipinski definition) is 8. The lowest BCUT2D eigenvalue weighted by Crippen LogP contribution is -2.48. The van der Waals surface area contributed by atoms with E-state index >= 15 is 0 Å². The van der Waals surface area contributed by atoms with Gasteiger partial charge in [-0.1, -0.05) is 0 Å². The zero-order valence-corrected chi connectivity index (χ0v) is 21.2. The number of aliphatic hydroxyl groups is 1. The van der Waals surface area contributed by atoms with Gasteiger partial charge in [-0.3, -0.25) is 20.5 Å². The number of rotatable bonds is 5. The molecule has 39 heavy (non-hydrogen) atoms. The molecule has 16 heteroatoms. The predicted octanol–water partition coefficient (Wildman–Crippen LogP) is 2.85. The number of anilines is 1. The largest absolute Gasteiger partial charge is 0.434 e. The van der Waals surface area contributed by atoms with Gasteiger partial charge in [0.1, 0.15) is 10.8 Å². The summed E-state index contributed by atoms with van der Waals surface area (Å²) in [6, 6.07) is 1.66. The summed E-state index contributed by atoms with van der Waals surface area (Å²) in [4.78, 5) is 50.1. The second kappa shape index (κ2) is 11.6. The van der Waals surface area contributed by atoms with Crippen molar-refractivity contribution >= 4 is 35.1 Å². The van der Waals surface area contributed by atoms with Gasteiger partial charge in [-0.25, -0.2) is 25.0 Å². The quantitative estimate of drug-likeness (QED) is 0.298. The van der Waals surface area contributed by atoms with Gasteiger partial charge in [0.25, 0.3) is 5.91 Å². The lowest BCUT2D eigenvalue weighted by Gasteiger charge is -2.17. The highest BCUT2D eigenvalue weighted by Gasteiger charge is 2.34. The highest BCUT2D eigenvalue weighted by Crippen LogP contribution is 2.38. The minimum Gasteiger partial charge on any atom is -0.391 e. The van der Waals surface area contributed by atoms with Crippen LogP contribution in [-0.4, -0.2) is 68.7 Å². The third-order valence-electron chi connectivity index (χ3n) is 5.55. The van der Waals surface area contributed by atoms with Crippen LogP contribution >= 0.6 is 11.3 Å². The number of aliphatic hydroxyl groups excluding tert-OH is 1. The number of pyridine rings is 2. The van der Waals surface area contributed by atoms with Crippen molar-refractivity contribution in [2.75, 3.05) is 25.0 Å². The number of carbonyl (C=O) groups excluding carboxylic acids is 3. The molecule has 0 aromatic carbocycles. The van der Waals surface area contributed by atoms with Crippen molar-refractivity contribution < 1.29 is 32.7 Å². The number of carbonyl (C=O) groups is 3. The van der Waals surface area contributed by atoms with Crippen molar-refractivity contribution in [3.05, 3.63) is 47.4 Å². The number of hydrazine groups is 1. The minimum atomic E-state index is -4.65. The number of urea groups is 2. The van der Waals surface area contributed by atoms with Crippen molar-refractivity contribution in [1.82, 2.24) is 36.0 Å². The summed E-state index contributed by atoms with van der Waals surface area (Å²) >= 11 is 0.753.